The van der Waals surface area contributed by atoms with Gasteiger partial charge in [0.05, 0.1) is 6.61 Å². The molecule has 5 nitrogen and oxygen atoms in total. The molecule has 1 N–H and O–H groups in total. The van der Waals surface area contributed by atoms with E-state index in [9.17, 15) is 9.59 Å². The maximum absolute atomic E-state index is 12.0. The number of amides is 2. The van der Waals surface area contributed by atoms with Gasteiger partial charge in [-0.25, -0.2) is 0 Å². The first-order valence-corrected chi connectivity index (χ1v) is 8.89. The van der Waals surface area contributed by atoms with Crippen LogP contribution in [0.5, 0.6) is 5.75 Å². The van der Waals surface area contributed by atoms with Gasteiger partial charge in [0.25, 0.3) is 5.91 Å². The quantitative estimate of drug-likeness (QED) is 0.746. The van der Waals surface area contributed by atoms with E-state index < -0.39 is 0 Å². The second kappa shape index (κ2) is 7.70. The first-order chi connectivity index (χ1) is 12.0. The Morgan fingerprint density at radius 2 is 2.00 bits per heavy atom. The summed E-state index contributed by atoms with van der Waals surface area (Å²) in [6.07, 6.45) is 0.982. The molecule has 0 aromatic heterocycles. The first kappa shape index (κ1) is 17.5. The normalized spacial score (nSPS) is 12.9. The number of nitrogens with zero attached hydrogens (tertiary/aromatic N) is 1. The summed E-state index contributed by atoms with van der Waals surface area (Å²) in [5.74, 6) is 0.692. The molecule has 0 radical (unpaired) electrons. The van der Waals surface area contributed by atoms with E-state index in [1.165, 1.54) is 0 Å². The molecular formula is C19H19BrN2O3. The van der Waals surface area contributed by atoms with Crippen molar-refractivity contribution in [1.29, 1.82) is 0 Å². The van der Waals surface area contributed by atoms with Crippen LogP contribution in [0.2, 0.25) is 0 Å². The Balaban J connectivity index is 1.45. The van der Waals surface area contributed by atoms with E-state index in [0.717, 1.165) is 15.8 Å². The van der Waals surface area contributed by atoms with Gasteiger partial charge in [-0.3, -0.25) is 9.59 Å². The Morgan fingerprint density at radius 3 is 2.76 bits per heavy atom. The molecule has 0 aliphatic carbocycles. The van der Waals surface area contributed by atoms with Crippen molar-refractivity contribution in [3.8, 4) is 5.75 Å². The monoisotopic (exact) mass is 402 g/mol. The molecule has 3 rings (SSSR count). The van der Waals surface area contributed by atoms with Crippen LogP contribution in [0.15, 0.2) is 46.9 Å². The maximum Gasteiger partial charge on any atom is 0.254 e. The fourth-order valence-corrected chi connectivity index (χ4v) is 2.97. The molecule has 0 saturated carbocycles. The number of benzene rings is 2. The topological polar surface area (TPSA) is 58.6 Å². The van der Waals surface area contributed by atoms with E-state index >= 15 is 0 Å². The van der Waals surface area contributed by atoms with Crippen LogP contribution in [0.4, 0.5) is 5.69 Å². The van der Waals surface area contributed by atoms with Gasteiger partial charge >= 0.3 is 0 Å². The molecule has 0 unspecified atom stereocenters. The number of ether oxygens (including phenoxy) is 1. The molecule has 25 heavy (non-hydrogen) atoms. The average Bonchev–Trinajstić information content (AvgIpc) is 2.88. The van der Waals surface area contributed by atoms with Gasteiger partial charge in [-0.05, 0) is 48.4 Å². The highest BCUT2D eigenvalue weighted by atomic mass is 79.9. The summed E-state index contributed by atoms with van der Waals surface area (Å²) in [5, 5.41) is 2.84. The predicted octanol–water partition coefficient (Wildman–Crippen LogP) is 3.83. The summed E-state index contributed by atoms with van der Waals surface area (Å²) in [5.41, 5.74) is 2.31. The number of nitrogens with one attached hydrogen (secondary N) is 1. The molecule has 0 fully saturated rings. The molecule has 1 aliphatic rings. The van der Waals surface area contributed by atoms with Gasteiger partial charge < -0.3 is 15.0 Å². The Kier molecular flexibility index (Phi) is 5.38. The number of carbonyl (C=O) groups excluding carboxylic acids is 2. The van der Waals surface area contributed by atoms with Gasteiger partial charge in [-0.2, -0.15) is 0 Å². The second-order valence-electron chi connectivity index (χ2n) is 5.99. The molecule has 1 heterocycles. The standard InChI is InChI=1S/C19H19BrN2O3/c1-22-12-13-4-7-15(11-17(13)19(22)24)21-18(23)3-2-10-25-16-8-5-14(20)6-9-16/h4-9,11H,2-3,10,12H2,1H3,(H,21,23). The minimum Gasteiger partial charge on any atom is -0.494 e. The molecule has 130 valence electrons. The number of hydrogen-bond donors (Lipinski definition) is 1. The molecule has 2 aromatic carbocycles. The minimum absolute atomic E-state index is 0.00556. The second-order valence-corrected chi connectivity index (χ2v) is 6.90. The molecule has 2 amide bonds. The summed E-state index contributed by atoms with van der Waals surface area (Å²) in [6, 6.07) is 13.1. The fourth-order valence-electron chi connectivity index (χ4n) is 2.70. The van der Waals surface area contributed by atoms with Gasteiger partial charge in [-0.15, -0.1) is 0 Å². The molecule has 2 aromatic rings. The third-order valence-electron chi connectivity index (χ3n) is 4.01. The van der Waals surface area contributed by atoms with Crippen LogP contribution < -0.4 is 10.1 Å². The van der Waals surface area contributed by atoms with Crippen molar-refractivity contribution >= 4 is 33.4 Å². The van der Waals surface area contributed by atoms with Crippen molar-refractivity contribution in [3.63, 3.8) is 0 Å². The number of rotatable bonds is 6. The van der Waals surface area contributed by atoms with Crippen molar-refractivity contribution in [1.82, 2.24) is 4.90 Å². The van der Waals surface area contributed by atoms with E-state index in [4.69, 9.17) is 4.74 Å². The summed E-state index contributed by atoms with van der Waals surface area (Å²) in [7, 11) is 1.77. The zero-order valence-corrected chi connectivity index (χ0v) is 15.5. The molecule has 0 bridgehead atoms. The van der Waals surface area contributed by atoms with E-state index in [0.29, 0.717) is 37.2 Å². The zero-order valence-electron chi connectivity index (χ0n) is 13.9. The van der Waals surface area contributed by atoms with Gasteiger partial charge in [0, 0.05) is 35.7 Å². The van der Waals surface area contributed by atoms with Crippen molar-refractivity contribution in [2.75, 3.05) is 19.0 Å². The zero-order chi connectivity index (χ0) is 17.8. The van der Waals surface area contributed by atoms with E-state index in [-0.39, 0.29) is 11.8 Å². The highest BCUT2D eigenvalue weighted by molar-refractivity contribution is 9.10. The molecule has 0 atom stereocenters. The Labute approximate surface area is 155 Å². The largest absolute Gasteiger partial charge is 0.494 e. The Hall–Kier alpha value is -2.34. The van der Waals surface area contributed by atoms with Crippen molar-refractivity contribution < 1.29 is 14.3 Å². The summed E-state index contributed by atoms with van der Waals surface area (Å²) in [4.78, 5) is 25.7. The third-order valence-corrected chi connectivity index (χ3v) is 4.54. The lowest BCUT2D eigenvalue weighted by atomic mass is 10.1. The smallest absolute Gasteiger partial charge is 0.254 e. The minimum atomic E-state index is -0.0850. The lowest BCUT2D eigenvalue weighted by Crippen LogP contribution is -2.17. The summed E-state index contributed by atoms with van der Waals surface area (Å²) < 4.78 is 6.60. The number of fused-ring (bicyclic) bond motifs is 1. The van der Waals surface area contributed by atoms with Crippen LogP contribution in [-0.4, -0.2) is 30.4 Å². The van der Waals surface area contributed by atoms with Gasteiger partial charge in [0.1, 0.15) is 5.75 Å². The van der Waals surface area contributed by atoms with Crippen LogP contribution in [0, 0.1) is 0 Å². The fraction of sp³-hybridized carbons (Fsp3) is 0.263. The van der Waals surface area contributed by atoms with Crippen LogP contribution in [-0.2, 0) is 11.3 Å². The molecule has 1 aliphatic heterocycles. The van der Waals surface area contributed by atoms with Crippen LogP contribution in [0.1, 0.15) is 28.8 Å². The maximum atomic E-state index is 12.0. The SMILES string of the molecule is CN1Cc2ccc(NC(=O)CCCOc3ccc(Br)cc3)cc2C1=O. The third kappa shape index (κ3) is 4.39. The van der Waals surface area contributed by atoms with E-state index in [2.05, 4.69) is 21.2 Å². The molecule has 6 heteroatoms. The summed E-state index contributed by atoms with van der Waals surface area (Å²) in [6.45, 7) is 1.10. The molecule has 0 spiro atoms. The average molecular weight is 403 g/mol. The van der Waals surface area contributed by atoms with E-state index in [1.807, 2.05) is 36.4 Å². The van der Waals surface area contributed by atoms with Crippen LogP contribution >= 0.6 is 15.9 Å². The van der Waals surface area contributed by atoms with Crippen LogP contribution in [0.25, 0.3) is 0 Å². The first-order valence-electron chi connectivity index (χ1n) is 8.09. The predicted molar refractivity (Wildman–Crippen MR) is 99.7 cm³/mol. The van der Waals surface area contributed by atoms with Gasteiger partial charge in [0.15, 0.2) is 0 Å². The van der Waals surface area contributed by atoms with E-state index in [1.54, 1.807) is 18.0 Å². The number of carbonyl (C=O) groups is 2. The highest BCUT2D eigenvalue weighted by Gasteiger charge is 2.24. The molecular weight excluding hydrogens is 384 g/mol. The number of halogens is 1. The lowest BCUT2D eigenvalue weighted by molar-refractivity contribution is -0.116. The number of hydrogen-bond acceptors (Lipinski definition) is 3. The number of anilines is 1. The molecule has 0 saturated heterocycles. The lowest BCUT2D eigenvalue weighted by Gasteiger charge is -2.08. The summed E-state index contributed by atoms with van der Waals surface area (Å²) >= 11 is 3.37. The van der Waals surface area contributed by atoms with Crippen molar-refractivity contribution in [2.24, 2.45) is 0 Å². The highest BCUT2D eigenvalue weighted by Crippen LogP contribution is 2.24. The Bertz CT molecular complexity index is 790. The van der Waals surface area contributed by atoms with Gasteiger partial charge in [0.2, 0.25) is 5.91 Å². The van der Waals surface area contributed by atoms with Gasteiger partial charge in [-0.1, -0.05) is 22.0 Å². The van der Waals surface area contributed by atoms with Crippen molar-refractivity contribution in [2.45, 2.75) is 19.4 Å². The Morgan fingerprint density at radius 1 is 1.24 bits per heavy atom. The van der Waals surface area contributed by atoms with Crippen LogP contribution in [0.3, 0.4) is 0 Å². The van der Waals surface area contributed by atoms with Crippen molar-refractivity contribution in [3.05, 3.63) is 58.1 Å².